The van der Waals surface area contributed by atoms with E-state index in [-0.39, 0.29) is 24.1 Å². The largest absolute Gasteiger partial charge is 0.491 e. The molecule has 26 heavy (non-hydrogen) atoms. The summed E-state index contributed by atoms with van der Waals surface area (Å²) in [7, 11) is -1.62. The molecule has 0 aliphatic carbocycles. The second-order valence-electron chi connectivity index (χ2n) is 6.39. The fourth-order valence-corrected chi connectivity index (χ4v) is 4.76. The van der Waals surface area contributed by atoms with Gasteiger partial charge in [-0.3, -0.25) is 0 Å². The average molecular weight is 387 g/mol. The molecule has 1 aromatic carbocycles. The zero-order chi connectivity index (χ0) is 19.0. The number of sulfonamides is 1. The first-order valence-electron chi connectivity index (χ1n) is 9.11. The summed E-state index contributed by atoms with van der Waals surface area (Å²) in [5.41, 5.74) is 0. The SMILES string of the molecule is CCOCCOc1ccc(S(=O)(=O)N(CCO)C2CCN(C)CC2)cc1. The minimum Gasteiger partial charge on any atom is -0.491 e. The van der Waals surface area contributed by atoms with Crippen molar-refractivity contribution in [3.05, 3.63) is 24.3 Å². The van der Waals surface area contributed by atoms with Crippen LogP contribution in [0.3, 0.4) is 0 Å². The van der Waals surface area contributed by atoms with Crippen LogP contribution in [0.25, 0.3) is 0 Å². The zero-order valence-electron chi connectivity index (χ0n) is 15.6. The third-order valence-electron chi connectivity index (χ3n) is 4.55. The Hall–Kier alpha value is -1.19. The Balaban J connectivity index is 2.07. The quantitative estimate of drug-likeness (QED) is 0.609. The Labute approximate surface area is 156 Å². The maximum Gasteiger partial charge on any atom is 0.243 e. The summed E-state index contributed by atoms with van der Waals surface area (Å²) < 4.78 is 38.3. The first-order valence-corrected chi connectivity index (χ1v) is 10.5. The lowest BCUT2D eigenvalue weighted by molar-refractivity contribution is 0.110. The maximum absolute atomic E-state index is 13.1. The Morgan fingerprint density at radius 2 is 1.85 bits per heavy atom. The fourth-order valence-electron chi connectivity index (χ4n) is 3.09. The first-order chi connectivity index (χ1) is 12.5. The van der Waals surface area contributed by atoms with E-state index in [4.69, 9.17) is 9.47 Å². The van der Waals surface area contributed by atoms with E-state index in [1.165, 1.54) is 4.31 Å². The van der Waals surface area contributed by atoms with E-state index in [0.29, 0.717) is 25.6 Å². The van der Waals surface area contributed by atoms with E-state index in [9.17, 15) is 13.5 Å². The van der Waals surface area contributed by atoms with Crippen molar-refractivity contribution in [3.8, 4) is 5.75 Å². The molecule has 0 atom stereocenters. The summed E-state index contributed by atoms with van der Waals surface area (Å²) >= 11 is 0. The number of aliphatic hydroxyl groups excluding tert-OH is 1. The van der Waals surface area contributed by atoms with Gasteiger partial charge in [0, 0.05) is 19.2 Å². The molecule has 1 aromatic rings. The lowest BCUT2D eigenvalue weighted by Gasteiger charge is -2.36. The molecular weight excluding hydrogens is 356 g/mol. The first kappa shape index (κ1) is 21.1. The molecule has 1 heterocycles. The molecule has 0 unspecified atom stereocenters. The van der Waals surface area contributed by atoms with Crippen molar-refractivity contribution in [2.75, 3.05) is 53.1 Å². The van der Waals surface area contributed by atoms with E-state index < -0.39 is 10.0 Å². The predicted octanol–water partition coefficient (Wildman–Crippen LogP) is 1.18. The molecular formula is C18H30N2O5S. The molecule has 7 nitrogen and oxygen atoms in total. The fraction of sp³-hybridized carbons (Fsp3) is 0.667. The molecule has 1 N–H and O–H groups in total. The number of hydrogen-bond acceptors (Lipinski definition) is 6. The van der Waals surface area contributed by atoms with Crippen molar-refractivity contribution in [2.24, 2.45) is 0 Å². The predicted molar refractivity (Wildman–Crippen MR) is 99.9 cm³/mol. The topological polar surface area (TPSA) is 79.3 Å². The molecule has 2 rings (SSSR count). The van der Waals surface area contributed by atoms with Crippen LogP contribution in [-0.2, 0) is 14.8 Å². The highest BCUT2D eigenvalue weighted by Gasteiger charge is 2.32. The number of aliphatic hydroxyl groups is 1. The minimum absolute atomic E-state index is 0.0783. The second kappa shape index (κ2) is 10.2. The zero-order valence-corrected chi connectivity index (χ0v) is 16.5. The summed E-state index contributed by atoms with van der Waals surface area (Å²) in [4.78, 5) is 2.41. The van der Waals surface area contributed by atoms with Gasteiger partial charge in [0.2, 0.25) is 10.0 Å². The molecule has 0 aromatic heterocycles. The number of hydrogen-bond donors (Lipinski definition) is 1. The van der Waals surface area contributed by atoms with Gasteiger partial charge in [-0.2, -0.15) is 4.31 Å². The monoisotopic (exact) mass is 386 g/mol. The van der Waals surface area contributed by atoms with Crippen molar-refractivity contribution >= 4 is 10.0 Å². The highest BCUT2D eigenvalue weighted by atomic mass is 32.2. The highest BCUT2D eigenvalue weighted by Crippen LogP contribution is 2.25. The molecule has 0 amide bonds. The second-order valence-corrected chi connectivity index (χ2v) is 8.28. The smallest absolute Gasteiger partial charge is 0.243 e. The third-order valence-corrected chi connectivity index (χ3v) is 6.51. The molecule has 0 radical (unpaired) electrons. The van der Waals surface area contributed by atoms with E-state index in [2.05, 4.69) is 4.90 Å². The highest BCUT2D eigenvalue weighted by molar-refractivity contribution is 7.89. The van der Waals surface area contributed by atoms with E-state index in [1.54, 1.807) is 24.3 Å². The van der Waals surface area contributed by atoms with Crippen LogP contribution >= 0.6 is 0 Å². The van der Waals surface area contributed by atoms with Gasteiger partial charge in [-0.05, 0) is 64.2 Å². The van der Waals surface area contributed by atoms with E-state index in [0.717, 1.165) is 25.9 Å². The average Bonchev–Trinajstić information content (AvgIpc) is 2.64. The summed E-state index contributed by atoms with van der Waals surface area (Å²) in [6.45, 7) is 5.11. The lowest BCUT2D eigenvalue weighted by Crippen LogP contribution is -2.47. The van der Waals surface area contributed by atoms with Crippen molar-refractivity contribution in [1.29, 1.82) is 0 Å². The number of piperidine rings is 1. The molecule has 0 spiro atoms. The van der Waals surface area contributed by atoms with Crippen LogP contribution in [0.4, 0.5) is 0 Å². The van der Waals surface area contributed by atoms with Gasteiger partial charge < -0.3 is 19.5 Å². The molecule has 1 aliphatic rings. The van der Waals surface area contributed by atoms with Crippen molar-refractivity contribution in [1.82, 2.24) is 9.21 Å². The molecule has 0 bridgehead atoms. The third kappa shape index (κ3) is 5.65. The van der Waals surface area contributed by atoms with Crippen LogP contribution < -0.4 is 4.74 Å². The number of rotatable bonds is 10. The van der Waals surface area contributed by atoms with Gasteiger partial charge in [-0.25, -0.2) is 8.42 Å². The van der Waals surface area contributed by atoms with E-state index >= 15 is 0 Å². The minimum atomic E-state index is -3.65. The molecule has 1 aliphatic heterocycles. The van der Waals surface area contributed by atoms with Crippen LogP contribution in [0.1, 0.15) is 19.8 Å². The van der Waals surface area contributed by atoms with Crippen molar-refractivity contribution < 1.29 is 23.0 Å². The van der Waals surface area contributed by atoms with Crippen molar-refractivity contribution in [2.45, 2.75) is 30.7 Å². The summed E-state index contributed by atoms with van der Waals surface area (Å²) in [5, 5.41) is 9.37. The Morgan fingerprint density at radius 1 is 1.19 bits per heavy atom. The summed E-state index contributed by atoms with van der Waals surface area (Å²) in [6, 6.07) is 6.36. The van der Waals surface area contributed by atoms with Crippen LogP contribution in [-0.4, -0.2) is 81.9 Å². The van der Waals surface area contributed by atoms with Gasteiger partial charge in [0.05, 0.1) is 18.1 Å². The lowest BCUT2D eigenvalue weighted by atomic mass is 10.1. The Bertz CT molecular complexity index is 627. The molecule has 148 valence electrons. The van der Waals surface area contributed by atoms with Crippen LogP contribution in [0, 0.1) is 0 Å². The van der Waals surface area contributed by atoms with E-state index in [1.807, 2.05) is 14.0 Å². The van der Waals surface area contributed by atoms with Gasteiger partial charge in [0.15, 0.2) is 0 Å². The Morgan fingerprint density at radius 3 is 2.42 bits per heavy atom. The normalized spacial score (nSPS) is 16.9. The summed E-state index contributed by atoms with van der Waals surface area (Å²) in [6.07, 6.45) is 1.54. The van der Waals surface area contributed by atoms with Crippen LogP contribution in [0.2, 0.25) is 0 Å². The maximum atomic E-state index is 13.1. The number of ether oxygens (including phenoxy) is 2. The van der Waals surface area contributed by atoms with Gasteiger partial charge in [-0.15, -0.1) is 0 Å². The number of likely N-dealkylation sites (tertiary alicyclic amines) is 1. The number of benzene rings is 1. The van der Waals surface area contributed by atoms with Gasteiger partial charge >= 0.3 is 0 Å². The van der Waals surface area contributed by atoms with Gasteiger partial charge in [0.1, 0.15) is 12.4 Å². The Kier molecular flexibility index (Phi) is 8.30. The molecule has 1 fully saturated rings. The molecule has 8 heteroatoms. The van der Waals surface area contributed by atoms with Gasteiger partial charge in [-0.1, -0.05) is 0 Å². The van der Waals surface area contributed by atoms with Gasteiger partial charge in [0.25, 0.3) is 0 Å². The summed E-state index contributed by atoms with van der Waals surface area (Å²) in [5.74, 6) is 0.608. The van der Waals surface area contributed by atoms with Crippen LogP contribution in [0.15, 0.2) is 29.2 Å². The van der Waals surface area contributed by atoms with Crippen molar-refractivity contribution in [3.63, 3.8) is 0 Å². The standard InChI is InChI=1S/C18H30N2O5S/c1-3-24-14-15-25-17-4-6-18(7-5-17)26(22,23)20(12-13-21)16-8-10-19(2)11-9-16/h4-7,16,21H,3,8-15H2,1-2H3. The molecule has 1 saturated heterocycles. The van der Waals surface area contributed by atoms with Crippen LogP contribution in [0.5, 0.6) is 5.75 Å². The molecule has 0 saturated carbocycles. The number of nitrogens with zero attached hydrogens (tertiary/aromatic N) is 2.